The van der Waals surface area contributed by atoms with Gasteiger partial charge in [-0.25, -0.2) is 19.1 Å². The summed E-state index contributed by atoms with van der Waals surface area (Å²) in [7, 11) is 0. The molecule has 0 saturated carbocycles. The number of nitrogens with zero attached hydrogens (tertiary/aromatic N) is 2. The Balaban J connectivity index is 0.000000541. The Labute approximate surface area is 129 Å². The van der Waals surface area contributed by atoms with E-state index in [9.17, 15) is 4.79 Å². The van der Waals surface area contributed by atoms with Crippen molar-refractivity contribution in [3.8, 4) is 0 Å². The summed E-state index contributed by atoms with van der Waals surface area (Å²) in [6.07, 6.45) is 1.49. The van der Waals surface area contributed by atoms with Gasteiger partial charge in [0, 0.05) is 13.0 Å². The highest BCUT2D eigenvalue weighted by Crippen LogP contribution is 2.15. The predicted octanol–water partition coefficient (Wildman–Crippen LogP) is 2.58. The summed E-state index contributed by atoms with van der Waals surface area (Å²) in [6, 6.07) is 7.66. The average molecular weight is 306 g/mol. The van der Waals surface area contributed by atoms with Gasteiger partial charge in [0.2, 0.25) is 0 Å². The number of nitrogens with one attached hydrogen (secondary N) is 1. The first kappa shape index (κ1) is 17.5. The lowest BCUT2D eigenvalue weighted by Gasteiger charge is -2.08. The second-order valence-electron chi connectivity index (χ2n) is 4.63. The van der Waals surface area contributed by atoms with Gasteiger partial charge in [0.05, 0.1) is 11.0 Å². The third kappa shape index (κ3) is 4.76. The minimum Gasteiger partial charge on any atom is -0.465 e. The maximum Gasteiger partial charge on any atom is 0.402 e. The molecule has 0 atom stereocenters. The number of unbranched alkanes of at least 4 members (excludes halogenated alkanes) is 1. The number of aromatic nitrogens is 2. The molecule has 22 heavy (non-hydrogen) atoms. The van der Waals surface area contributed by atoms with E-state index in [4.69, 9.17) is 9.90 Å². The van der Waals surface area contributed by atoms with Crippen LogP contribution in [0.1, 0.15) is 32.5 Å². The van der Waals surface area contributed by atoms with Gasteiger partial charge in [0.1, 0.15) is 5.82 Å². The molecule has 0 spiro atoms. The number of para-hydroxylation sites is 2. The summed E-state index contributed by atoms with van der Waals surface area (Å²) in [5, 5.41) is 10.1. The van der Waals surface area contributed by atoms with Crippen LogP contribution in [-0.4, -0.2) is 33.3 Å². The van der Waals surface area contributed by atoms with E-state index in [1.165, 1.54) is 0 Å². The first-order valence-corrected chi connectivity index (χ1v) is 7.24. The molecule has 7 heteroatoms. The van der Waals surface area contributed by atoms with Gasteiger partial charge >= 0.3 is 12.1 Å². The van der Waals surface area contributed by atoms with Crippen molar-refractivity contribution in [2.75, 3.05) is 6.54 Å². The van der Waals surface area contributed by atoms with Gasteiger partial charge in [-0.2, -0.15) is 0 Å². The van der Waals surface area contributed by atoms with Crippen LogP contribution in [0.15, 0.2) is 24.3 Å². The standard InChI is InChI=1S/C14H19N3O.CH3NO2/c1-3-5-10-15-14(18)17-12-9-7-6-8-11(12)16-13(17)4-2;2-1(3)4/h6-9H,3-5,10H2,1-2H3,(H,15,18);2H2,(H,3,4). The van der Waals surface area contributed by atoms with E-state index >= 15 is 0 Å². The van der Waals surface area contributed by atoms with Crippen LogP contribution in [0.4, 0.5) is 9.59 Å². The molecule has 0 aliphatic carbocycles. The number of hydrogen-bond donors (Lipinski definition) is 3. The number of nitrogens with two attached hydrogens (primary N) is 1. The lowest BCUT2D eigenvalue weighted by molar-refractivity contribution is 0.205. The number of carboxylic acid groups (broad SMARTS) is 1. The van der Waals surface area contributed by atoms with E-state index in [2.05, 4.69) is 23.0 Å². The topological polar surface area (TPSA) is 110 Å². The molecule has 1 aromatic carbocycles. The fraction of sp³-hybridized carbons (Fsp3) is 0.400. The maximum absolute atomic E-state index is 12.2. The van der Waals surface area contributed by atoms with Gasteiger partial charge in [-0.1, -0.05) is 32.4 Å². The van der Waals surface area contributed by atoms with Crippen LogP contribution in [0.5, 0.6) is 0 Å². The minimum atomic E-state index is -1.33. The fourth-order valence-electron chi connectivity index (χ4n) is 1.99. The number of carbonyl (C=O) groups excluding carboxylic acids is 1. The van der Waals surface area contributed by atoms with Crippen LogP contribution in [0.3, 0.4) is 0 Å². The van der Waals surface area contributed by atoms with Crippen LogP contribution in [0, 0.1) is 0 Å². The lowest BCUT2D eigenvalue weighted by Crippen LogP contribution is -2.30. The summed E-state index contributed by atoms with van der Waals surface area (Å²) < 4.78 is 1.69. The minimum absolute atomic E-state index is 0.0750. The van der Waals surface area contributed by atoms with Gasteiger partial charge in [0.25, 0.3) is 0 Å². The van der Waals surface area contributed by atoms with Crippen molar-refractivity contribution in [3.05, 3.63) is 30.1 Å². The molecule has 2 amide bonds. The molecule has 1 aromatic heterocycles. The summed E-state index contributed by atoms with van der Waals surface area (Å²) in [5.74, 6) is 0.810. The highest BCUT2D eigenvalue weighted by molar-refractivity contribution is 5.90. The Kier molecular flexibility index (Phi) is 6.88. The highest BCUT2D eigenvalue weighted by Gasteiger charge is 2.14. The number of hydrogen-bond acceptors (Lipinski definition) is 3. The van der Waals surface area contributed by atoms with Crippen molar-refractivity contribution < 1.29 is 14.7 Å². The summed E-state index contributed by atoms with van der Waals surface area (Å²) in [6.45, 7) is 4.83. The van der Waals surface area contributed by atoms with E-state index in [1.807, 2.05) is 31.2 Å². The molecule has 7 nitrogen and oxygen atoms in total. The zero-order valence-corrected chi connectivity index (χ0v) is 12.9. The SMILES string of the molecule is CCCCNC(=O)n1c(CC)nc2ccccc21.NC(=O)O. The first-order chi connectivity index (χ1) is 10.5. The van der Waals surface area contributed by atoms with Crippen LogP contribution in [0.2, 0.25) is 0 Å². The lowest BCUT2D eigenvalue weighted by atomic mass is 10.3. The van der Waals surface area contributed by atoms with Gasteiger partial charge < -0.3 is 16.2 Å². The zero-order chi connectivity index (χ0) is 16.5. The molecular formula is C15H22N4O3. The largest absolute Gasteiger partial charge is 0.465 e. The molecule has 120 valence electrons. The maximum atomic E-state index is 12.2. The van der Waals surface area contributed by atoms with E-state index in [0.29, 0.717) is 6.54 Å². The third-order valence-electron chi connectivity index (χ3n) is 2.96. The van der Waals surface area contributed by atoms with Crippen LogP contribution < -0.4 is 11.1 Å². The molecule has 2 rings (SSSR count). The van der Waals surface area contributed by atoms with Crippen molar-refractivity contribution in [1.82, 2.24) is 14.9 Å². The van der Waals surface area contributed by atoms with Gasteiger partial charge in [-0.05, 0) is 18.6 Å². The normalized spacial score (nSPS) is 9.91. The van der Waals surface area contributed by atoms with Crippen LogP contribution >= 0.6 is 0 Å². The Morgan fingerprint density at radius 1 is 1.32 bits per heavy atom. The molecule has 2 aromatic rings. The van der Waals surface area contributed by atoms with Crippen molar-refractivity contribution in [3.63, 3.8) is 0 Å². The average Bonchev–Trinajstić information content (AvgIpc) is 2.85. The smallest absolute Gasteiger partial charge is 0.402 e. The zero-order valence-electron chi connectivity index (χ0n) is 12.9. The van der Waals surface area contributed by atoms with E-state index in [1.54, 1.807) is 4.57 Å². The summed E-state index contributed by atoms with van der Waals surface area (Å²) in [5.41, 5.74) is 5.78. The molecule has 0 aliphatic rings. The number of fused-ring (bicyclic) bond motifs is 1. The van der Waals surface area contributed by atoms with E-state index in [-0.39, 0.29) is 6.03 Å². The predicted molar refractivity (Wildman–Crippen MR) is 85.0 cm³/mol. The second kappa shape index (κ2) is 8.66. The molecule has 0 fully saturated rings. The third-order valence-corrected chi connectivity index (χ3v) is 2.96. The van der Waals surface area contributed by atoms with Crippen molar-refractivity contribution in [2.24, 2.45) is 5.73 Å². The second-order valence-corrected chi connectivity index (χ2v) is 4.63. The molecular weight excluding hydrogens is 284 g/mol. The first-order valence-electron chi connectivity index (χ1n) is 7.24. The Hall–Kier alpha value is -2.57. The molecule has 4 N–H and O–H groups in total. The highest BCUT2D eigenvalue weighted by atomic mass is 16.4. The number of carbonyl (C=O) groups is 2. The van der Waals surface area contributed by atoms with E-state index < -0.39 is 6.09 Å². The monoisotopic (exact) mass is 306 g/mol. The Morgan fingerprint density at radius 2 is 1.95 bits per heavy atom. The number of imidazole rings is 1. The van der Waals surface area contributed by atoms with Crippen molar-refractivity contribution in [2.45, 2.75) is 33.1 Å². The molecule has 0 saturated heterocycles. The van der Waals surface area contributed by atoms with E-state index in [0.717, 1.165) is 36.1 Å². The van der Waals surface area contributed by atoms with Crippen LogP contribution in [0.25, 0.3) is 11.0 Å². The number of rotatable bonds is 4. The summed E-state index contributed by atoms with van der Waals surface area (Å²) >= 11 is 0. The number of aryl methyl sites for hydroxylation is 1. The number of primary amides is 1. The molecule has 0 radical (unpaired) electrons. The fourth-order valence-corrected chi connectivity index (χ4v) is 1.99. The van der Waals surface area contributed by atoms with Crippen LogP contribution in [-0.2, 0) is 6.42 Å². The quantitative estimate of drug-likeness (QED) is 0.754. The van der Waals surface area contributed by atoms with Crippen molar-refractivity contribution >= 4 is 23.2 Å². The molecule has 0 unspecified atom stereocenters. The van der Waals surface area contributed by atoms with Gasteiger partial charge in [0.15, 0.2) is 0 Å². The Morgan fingerprint density at radius 3 is 2.55 bits per heavy atom. The molecule has 1 heterocycles. The van der Waals surface area contributed by atoms with Gasteiger partial charge in [-0.3, -0.25) is 0 Å². The number of benzene rings is 1. The Bertz CT molecular complexity index is 633. The van der Waals surface area contributed by atoms with Gasteiger partial charge in [-0.15, -0.1) is 0 Å². The number of amides is 2. The van der Waals surface area contributed by atoms with Crippen molar-refractivity contribution in [1.29, 1.82) is 0 Å². The molecule has 0 aliphatic heterocycles. The summed E-state index contributed by atoms with van der Waals surface area (Å²) in [4.78, 5) is 25.4. The molecule has 0 bridgehead atoms.